The van der Waals surface area contributed by atoms with E-state index in [4.69, 9.17) is 0 Å². The van der Waals surface area contributed by atoms with Crippen LogP contribution in [0.2, 0.25) is 0 Å². The predicted molar refractivity (Wildman–Crippen MR) is 84.0 cm³/mol. The van der Waals surface area contributed by atoms with E-state index in [1.165, 1.54) is 0 Å². The number of hydrogen-bond donors (Lipinski definition) is 2. The van der Waals surface area contributed by atoms with Crippen molar-refractivity contribution in [3.05, 3.63) is 24.3 Å². The zero-order chi connectivity index (χ0) is 14.6. The highest BCUT2D eigenvalue weighted by Gasteiger charge is 2.17. The average Bonchev–Trinajstić information content (AvgIpc) is 2.43. The Balaban J connectivity index is 1.93. The molecular formula is C13H20N2O3S2. The predicted octanol–water partition coefficient (Wildman–Crippen LogP) is 1.77. The molecule has 5 nitrogen and oxygen atoms in total. The SMILES string of the molecule is CCS(=O)(=O)Nc1ccc(NC2CCS(=O)CC2)cc1. The van der Waals surface area contributed by atoms with E-state index in [9.17, 15) is 12.6 Å². The van der Waals surface area contributed by atoms with Crippen LogP contribution >= 0.6 is 0 Å². The van der Waals surface area contributed by atoms with Crippen molar-refractivity contribution >= 4 is 32.2 Å². The van der Waals surface area contributed by atoms with Crippen LogP contribution in [0.15, 0.2) is 24.3 Å². The second kappa shape index (κ2) is 6.58. The first-order valence-electron chi connectivity index (χ1n) is 6.70. The van der Waals surface area contributed by atoms with Crippen molar-refractivity contribution in [2.24, 2.45) is 0 Å². The van der Waals surface area contributed by atoms with E-state index in [0.29, 0.717) is 11.7 Å². The fraction of sp³-hybridized carbons (Fsp3) is 0.538. The van der Waals surface area contributed by atoms with Gasteiger partial charge in [-0.1, -0.05) is 0 Å². The van der Waals surface area contributed by atoms with Gasteiger partial charge in [0, 0.05) is 39.7 Å². The molecule has 0 aromatic heterocycles. The summed E-state index contributed by atoms with van der Waals surface area (Å²) in [6.45, 7) is 1.60. The second-order valence-corrected chi connectivity index (χ2v) is 8.56. The lowest BCUT2D eigenvalue weighted by Gasteiger charge is -2.23. The summed E-state index contributed by atoms with van der Waals surface area (Å²) >= 11 is 0. The van der Waals surface area contributed by atoms with Gasteiger partial charge >= 0.3 is 0 Å². The molecule has 1 saturated heterocycles. The lowest BCUT2D eigenvalue weighted by molar-refractivity contribution is 0.602. The van der Waals surface area contributed by atoms with E-state index >= 15 is 0 Å². The fourth-order valence-corrected chi connectivity index (χ4v) is 4.00. The average molecular weight is 316 g/mol. The third kappa shape index (κ3) is 4.49. The molecule has 1 fully saturated rings. The van der Waals surface area contributed by atoms with Crippen LogP contribution in [0.5, 0.6) is 0 Å². The van der Waals surface area contributed by atoms with E-state index in [0.717, 1.165) is 30.0 Å². The van der Waals surface area contributed by atoms with Gasteiger partial charge in [-0.3, -0.25) is 8.93 Å². The largest absolute Gasteiger partial charge is 0.382 e. The molecule has 1 aromatic carbocycles. The summed E-state index contributed by atoms with van der Waals surface area (Å²) in [5, 5.41) is 3.39. The Hall–Kier alpha value is -1.08. The van der Waals surface area contributed by atoms with Crippen molar-refractivity contribution in [1.82, 2.24) is 0 Å². The highest BCUT2D eigenvalue weighted by molar-refractivity contribution is 7.92. The van der Waals surface area contributed by atoms with Gasteiger partial charge in [0.15, 0.2) is 0 Å². The van der Waals surface area contributed by atoms with Crippen molar-refractivity contribution in [3.63, 3.8) is 0 Å². The van der Waals surface area contributed by atoms with Gasteiger partial charge in [-0.15, -0.1) is 0 Å². The Morgan fingerprint density at radius 3 is 2.25 bits per heavy atom. The van der Waals surface area contributed by atoms with Crippen LogP contribution in [0.4, 0.5) is 11.4 Å². The van der Waals surface area contributed by atoms with E-state index in [-0.39, 0.29) is 5.75 Å². The third-order valence-corrected chi connectivity index (χ3v) is 5.99. The van der Waals surface area contributed by atoms with Crippen molar-refractivity contribution in [3.8, 4) is 0 Å². The molecule has 2 N–H and O–H groups in total. The van der Waals surface area contributed by atoms with E-state index in [1.54, 1.807) is 19.1 Å². The van der Waals surface area contributed by atoms with Crippen molar-refractivity contribution in [2.45, 2.75) is 25.8 Å². The van der Waals surface area contributed by atoms with Crippen LogP contribution in [0.3, 0.4) is 0 Å². The minimum Gasteiger partial charge on any atom is -0.382 e. The minimum atomic E-state index is -3.22. The molecule has 1 aromatic rings. The van der Waals surface area contributed by atoms with E-state index in [1.807, 2.05) is 12.1 Å². The fourth-order valence-electron chi connectivity index (χ4n) is 2.06. The number of sulfonamides is 1. The molecule has 112 valence electrons. The van der Waals surface area contributed by atoms with Gasteiger partial charge in [-0.25, -0.2) is 8.42 Å². The molecule has 2 rings (SSSR count). The van der Waals surface area contributed by atoms with Gasteiger partial charge in [-0.05, 0) is 44.0 Å². The molecule has 0 unspecified atom stereocenters. The summed E-state index contributed by atoms with van der Waals surface area (Å²) in [6, 6.07) is 7.57. The van der Waals surface area contributed by atoms with Crippen LogP contribution in [0.1, 0.15) is 19.8 Å². The van der Waals surface area contributed by atoms with Crippen LogP contribution in [0, 0.1) is 0 Å². The highest BCUT2D eigenvalue weighted by Crippen LogP contribution is 2.19. The zero-order valence-corrected chi connectivity index (χ0v) is 13.1. The Labute approximate surface area is 122 Å². The first-order valence-corrected chi connectivity index (χ1v) is 9.84. The van der Waals surface area contributed by atoms with Gasteiger partial charge in [0.1, 0.15) is 0 Å². The molecule has 0 radical (unpaired) electrons. The van der Waals surface area contributed by atoms with Gasteiger partial charge in [-0.2, -0.15) is 0 Å². The van der Waals surface area contributed by atoms with Gasteiger partial charge in [0.05, 0.1) is 5.75 Å². The summed E-state index contributed by atoms with van der Waals surface area (Å²) in [4.78, 5) is 0. The number of hydrogen-bond acceptors (Lipinski definition) is 4. The van der Waals surface area contributed by atoms with Crippen molar-refractivity contribution < 1.29 is 12.6 Å². The van der Waals surface area contributed by atoms with Crippen LogP contribution in [-0.4, -0.2) is 35.9 Å². The summed E-state index contributed by atoms with van der Waals surface area (Å²) in [7, 11) is -3.87. The molecular weight excluding hydrogens is 296 g/mol. The molecule has 0 saturated carbocycles. The quantitative estimate of drug-likeness (QED) is 0.868. The number of nitrogens with one attached hydrogen (secondary N) is 2. The molecule has 0 aliphatic carbocycles. The first kappa shape index (κ1) is 15.3. The molecule has 1 aliphatic rings. The lowest BCUT2D eigenvalue weighted by Crippen LogP contribution is -2.29. The molecule has 0 spiro atoms. The van der Waals surface area contributed by atoms with Gasteiger partial charge < -0.3 is 5.32 Å². The first-order chi connectivity index (χ1) is 9.48. The summed E-state index contributed by atoms with van der Waals surface area (Å²) < 4.78 is 36.7. The van der Waals surface area contributed by atoms with Crippen molar-refractivity contribution in [2.75, 3.05) is 27.3 Å². The van der Waals surface area contributed by atoms with Crippen molar-refractivity contribution in [1.29, 1.82) is 0 Å². The second-order valence-electron chi connectivity index (χ2n) is 4.85. The third-order valence-electron chi connectivity index (χ3n) is 3.30. The monoisotopic (exact) mass is 316 g/mol. The Bertz CT molecular complexity index is 560. The Morgan fingerprint density at radius 1 is 1.15 bits per heavy atom. The molecule has 1 aliphatic heterocycles. The minimum absolute atomic E-state index is 0.0617. The summed E-state index contributed by atoms with van der Waals surface area (Å²) in [6.07, 6.45) is 1.83. The lowest BCUT2D eigenvalue weighted by atomic mass is 10.1. The zero-order valence-electron chi connectivity index (χ0n) is 11.5. The molecule has 0 bridgehead atoms. The molecule has 0 atom stereocenters. The number of anilines is 2. The molecule has 1 heterocycles. The van der Waals surface area contributed by atoms with E-state index < -0.39 is 20.8 Å². The van der Waals surface area contributed by atoms with Gasteiger partial charge in [0.25, 0.3) is 0 Å². The maximum atomic E-state index is 11.4. The van der Waals surface area contributed by atoms with Crippen LogP contribution in [0.25, 0.3) is 0 Å². The number of benzene rings is 1. The normalized spacial score (nSPS) is 23.2. The molecule has 0 amide bonds. The van der Waals surface area contributed by atoms with Crippen LogP contribution < -0.4 is 10.0 Å². The Kier molecular flexibility index (Phi) is 5.04. The standard InChI is InChI=1S/C13H20N2O3S2/c1-2-20(17,18)15-13-5-3-11(4-6-13)14-12-7-9-19(16)10-8-12/h3-6,12,14-15H,2,7-10H2,1H3. The summed E-state index contributed by atoms with van der Waals surface area (Å²) in [5.41, 5.74) is 1.53. The van der Waals surface area contributed by atoms with Crippen LogP contribution in [-0.2, 0) is 20.8 Å². The smallest absolute Gasteiger partial charge is 0.232 e. The summed E-state index contributed by atoms with van der Waals surface area (Å²) in [5.74, 6) is 1.57. The van der Waals surface area contributed by atoms with Gasteiger partial charge in [0.2, 0.25) is 10.0 Å². The number of rotatable bonds is 5. The maximum Gasteiger partial charge on any atom is 0.232 e. The Morgan fingerprint density at radius 2 is 1.70 bits per heavy atom. The van der Waals surface area contributed by atoms with E-state index in [2.05, 4.69) is 10.0 Å². The molecule has 7 heteroatoms. The maximum absolute atomic E-state index is 11.4. The molecule has 20 heavy (non-hydrogen) atoms. The topological polar surface area (TPSA) is 75.3 Å². The highest BCUT2D eigenvalue weighted by atomic mass is 32.2.